The number of Topliss-reactive ketones (excluding diaryl/α,β-unsaturated/α-hetero) is 1. The fraction of sp³-hybridized carbons (Fsp3) is 0.429. The third-order valence-corrected chi connectivity index (χ3v) is 2.41. The van der Waals surface area contributed by atoms with Crippen molar-refractivity contribution in [2.75, 3.05) is 11.9 Å². The van der Waals surface area contributed by atoms with E-state index in [0.717, 1.165) is 0 Å². The van der Waals surface area contributed by atoms with Crippen molar-refractivity contribution < 1.29 is 19.1 Å². The molecule has 0 fully saturated rings. The first-order valence-electron chi connectivity index (χ1n) is 6.25. The van der Waals surface area contributed by atoms with E-state index in [1.165, 1.54) is 12.3 Å². The van der Waals surface area contributed by atoms with Gasteiger partial charge in [-0.3, -0.25) is 14.6 Å². The minimum absolute atomic E-state index is 0.0983. The van der Waals surface area contributed by atoms with Crippen molar-refractivity contribution >= 4 is 23.3 Å². The number of pyridine rings is 1. The van der Waals surface area contributed by atoms with Crippen LogP contribution >= 0.6 is 0 Å². The van der Waals surface area contributed by atoms with Crippen LogP contribution < -0.4 is 5.32 Å². The van der Waals surface area contributed by atoms with Crippen LogP contribution in [0.2, 0.25) is 0 Å². The van der Waals surface area contributed by atoms with Gasteiger partial charge in [-0.2, -0.15) is 0 Å². The van der Waals surface area contributed by atoms with E-state index < -0.39 is 17.2 Å². The molecule has 0 aromatic carbocycles. The average Bonchev–Trinajstić information content (AvgIpc) is 2.37. The van der Waals surface area contributed by atoms with Gasteiger partial charge in [0.25, 0.3) is 5.78 Å². The van der Waals surface area contributed by atoms with Gasteiger partial charge in [-0.25, -0.2) is 4.79 Å². The van der Waals surface area contributed by atoms with Gasteiger partial charge in [-0.05, 0) is 19.1 Å². The molecular formula is C14H18N2O4. The zero-order valence-corrected chi connectivity index (χ0v) is 12.0. The maximum atomic E-state index is 11.9. The van der Waals surface area contributed by atoms with E-state index in [-0.39, 0.29) is 23.9 Å². The number of nitrogens with zero attached hydrogens (tertiary/aromatic N) is 1. The van der Waals surface area contributed by atoms with Crippen molar-refractivity contribution in [1.29, 1.82) is 0 Å². The second kappa shape index (κ2) is 6.27. The molecule has 1 aromatic rings. The fourth-order valence-corrected chi connectivity index (χ4v) is 1.29. The summed E-state index contributed by atoms with van der Waals surface area (Å²) in [4.78, 5) is 39.1. The van der Waals surface area contributed by atoms with Crippen LogP contribution in [-0.4, -0.2) is 29.3 Å². The smallest absolute Gasteiger partial charge is 0.381 e. The molecule has 1 heterocycles. The largest absolute Gasteiger partial charge is 0.460 e. The molecule has 0 aliphatic rings. The normalized spacial score (nSPS) is 10.8. The summed E-state index contributed by atoms with van der Waals surface area (Å²) >= 11 is 0. The minimum Gasteiger partial charge on any atom is -0.460 e. The van der Waals surface area contributed by atoms with Crippen LogP contribution in [0.5, 0.6) is 0 Å². The number of hydrogen-bond acceptors (Lipinski definition) is 5. The van der Waals surface area contributed by atoms with Gasteiger partial charge in [-0.15, -0.1) is 0 Å². The number of anilines is 1. The molecule has 0 unspecified atom stereocenters. The second-order valence-electron chi connectivity index (χ2n) is 5.15. The Labute approximate surface area is 117 Å². The Morgan fingerprint density at radius 1 is 1.30 bits per heavy atom. The SMILES string of the molecule is CCOC(=O)C(=O)c1ncccc1NC(=O)C(C)(C)C. The zero-order chi connectivity index (χ0) is 15.3. The summed E-state index contributed by atoms with van der Waals surface area (Å²) in [5.74, 6) is -2.14. The molecule has 0 aliphatic carbocycles. The first-order chi connectivity index (χ1) is 9.27. The Morgan fingerprint density at radius 2 is 1.95 bits per heavy atom. The van der Waals surface area contributed by atoms with Crippen LogP contribution in [0.1, 0.15) is 38.2 Å². The minimum atomic E-state index is -0.988. The molecule has 0 bridgehead atoms. The van der Waals surface area contributed by atoms with Gasteiger partial charge in [0.2, 0.25) is 5.91 Å². The summed E-state index contributed by atoms with van der Waals surface area (Å²) in [7, 11) is 0. The van der Waals surface area contributed by atoms with E-state index in [9.17, 15) is 14.4 Å². The van der Waals surface area contributed by atoms with Gasteiger partial charge in [0.05, 0.1) is 12.3 Å². The van der Waals surface area contributed by atoms with E-state index in [4.69, 9.17) is 0 Å². The summed E-state index contributed by atoms with van der Waals surface area (Å²) in [5, 5.41) is 2.60. The Bertz CT molecular complexity index is 532. The number of hydrogen-bond donors (Lipinski definition) is 1. The maximum Gasteiger partial charge on any atom is 0.381 e. The lowest BCUT2D eigenvalue weighted by Crippen LogP contribution is -2.29. The van der Waals surface area contributed by atoms with Crippen LogP contribution in [0.3, 0.4) is 0 Å². The van der Waals surface area contributed by atoms with Crippen molar-refractivity contribution in [3.05, 3.63) is 24.0 Å². The van der Waals surface area contributed by atoms with Gasteiger partial charge >= 0.3 is 5.97 Å². The number of ketones is 1. The van der Waals surface area contributed by atoms with Crippen molar-refractivity contribution in [3.8, 4) is 0 Å². The highest BCUT2D eigenvalue weighted by Gasteiger charge is 2.26. The third-order valence-electron chi connectivity index (χ3n) is 2.41. The molecular weight excluding hydrogens is 260 g/mol. The van der Waals surface area contributed by atoms with E-state index >= 15 is 0 Å². The van der Waals surface area contributed by atoms with Gasteiger partial charge in [-0.1, -0.05) is 20.8 Å². The van der Waals surface area contributed by atoms with Crippen LogP contribution in [0.15, 0.2) is 18.3 Å². The quantitative estimate of drug-likeness (QED) is 0.516. The Morgan fingerprint density at radius 3 is 2.50 bits per heavy atom. The molecule has 1 amide bonds. The zero-order valence-electron chi connectivity index (χ0n) is 12.0. The van der Waals surface area contributed by atoms with Gasteiger partial charge in [0.1, 0.15) is 5.69 Å². The molecule has 1 aromatic heterocycles. The first kappa shape index (κ1) is 15.8. The lowest BCUT2D eigenvalue weighted by atomic mass is 9.95. The third kappa shape index (κ3) is 3.88. The summed E-state index contributed by atoms with van der Waals surface area (Å²) in [6, 6.07) is 3.09. The number of rotatable bonds is 4. The Kier molecular flexibility index (Phi) is 4.96. The molecule has 108 valence electrons. The van der Waals surface area contributed by atoms with E-state index in [1.807, 2.05) is 0 Å². The molecule has 1 N–H and O–H groups in total. The summed E-state index contributed by atoms with van der Waals surface area (Å²) < 4.78 is 4.64. The number of ether oxygens (including phenoxy) is 1. The Balaban J connectivity index is 3.03. The number of esters is 1. The number of carbonyl (C=O) groups is 3. The molecule has 6 nitrogen and oxygen atoms in total. The maximum absolute atomic E-state index is 11.9. The van der Waals surface area contributed by atoms with Crippen molar-refractivity contribution in [3.63, 3.8) is 0 Å². The standard InChI is InChI=1S/C14H18N2O4/c1-5-20-12(18)11(17)10-9(7-6-8-15-10)16-13(19)14(2,3)4/h6-8H,5H2,1-4H3,(H,16,19). The van der Waals surface area contributed by atoms with Crippen LogP contribution in [-0.2, 0) is 14.3 Å². The highest BCUT2D eigenvalue weighted by molar-refractivity contribution is 6.41. The Hall–Kier alpha value is -2.24. The van der Waals surface area contributed by atoms with Gasteiger partial charge < -0.3 is 10.1 Å². The summed E-state index contributed by atoms with van der Waals surface area (Å²) in [6.07, 6.45) is 1.37. The summed E-state index contributed by atoms with van der Waals surface area (Å²) in [6.45, 7) is 6.93. The van der Waals surface area contributed by atoms with Crippen molar-refractivity contribution in [2.24, 2.45) is 5.41 Å². The summed E-state index contributed by atoms with van der Waals surface area (Å²) in [5.41, 5.74) is -0.547. The van der Waals surface area contributed by atoms with Crippen LogP contribution in [0, 0.1) is 5.41 Å². The van der Waals surface area contributed by atoms with Crippen molar-refractivity contribution in [2.45, 2.75) is 27.7 Å². The monoisotopic (exact) mass is 278 g/mol. The number of carbonyl (C=O) groups excluding carboxylic acids is 3. The van der Waals surface area contributed by atoms with Crippen LogP contribution in [0.4, 0.5) is 5.69 Å². The highest BCUT2D eigenvalue weighted by atomic mass is 16.5. The second-order valence-corrected chi connectivity index (χ2v) is 5.15. The average molecular weight is 278 g/mol. The predicted molar refractivity (Wildman–Crippen MR) is 73.3 cm³/mol. The lowest BCUT2D eigenvalue weighted by molar-refractivity contribution is -0.137. The molecule has 1 rings (SSSR count). The van der Waals surface area contributed by atoms with E-state index in [1.54, 1.807) is 33.8 Å². The lowest BCUT2D eigenvalue weighted by Gasteiger charge is -2.18. The molecule has 0 atom stereocenters. The van der Waals surface area contributed by atoms with Crippen LogP contribution in [0.25, 0.3) is 0 Å². The molecule has 6 heteroatoms. The molecule has 20 heavy (non-hydrogen) atoms. The molecule has 0 aliphatic heterocycles. The van der Waals surface area contributed by atoms with E-state index in [2.05, 4.69) is 15.0 Å². The fourth-order valence-electron chi connectivity index (χ4n) is 1.29. The number of nitrogens with one attached hydrogen (secondary N) is 1. The predicted octanol–water partition coefficient (Wildman–Crippen LogP) is 1.81. The van der Waals surface area contributed by atoms with E-state index in [0.29, 0.717) is 0 Å². The molecule has 0 saturated carbocycles. The molecule has 0 spiro atoms. The molecule has 0 radical (unpaired) electrons. The number of amides is 1. The topological polar surface area (TPSA) is 85.4 Å². The molecule has 0 saturated heterocycles. The van der Waals surface area contributed by atoms with Gasteiger partial charge in [0.15, 0.2) is 0 Å². The van der Waals surface area contributed by atoms with Crippen molar-refractivity contribution in [1.82, 2.24) is 4.98 Å². The number of aromatic nitrogens is 1. The highest BCUT2D eigenvalue weighted by Crippen LogP contribution is 2.19. The first-order valence-corrected chi connectivity index (χ1v) is 6.25. The van der Waals surface area contributed by atoms with Gasteiger partial charge in [0, 0.05) is 11.6 Å².